The SMILES string of the molecule is O=C(Nc1ccc(Br)cn1)c1ccc(Cl)cc1Cl. The second kappa shape index (κ2) is 5.69. The summed E-state index contributed by atoms with van der Waals surface area (Å²) >= 11 is 15.0. The van der Waals surface area contributed by atoms with Crippen molar-refractivity contribution in [3.05, 3.63) is 56.6 Å². The summed E-state index contributed by atoms with van der Waals surface area (Å²) in [5, 5.41) is 3.43. The monoisotopic (exact) mass is 344 g/mol. The first-order valence-corrected chi connectivity index (χ1v) is 6.49. The van der Waals surface area contributed by atoms with Crippen LogP contribution in [-0.4, -0.2) is 10.9 Å². The molecule has 1 aromatic carbocycles. The molecule has 0 fully saturated rings. The molecule has 0 aliphatic rings. The summed E-state index contributed by atoms with van der Waals surface area (Å²) in [5.74, 6) is 0.126. The van der Waals surface area contributed by atoms with Gasteiger partial charge in [-0.2, -0.15) is 0 Å². The van der Waals surface area contributed by atoms with Crippen molar-refractivity contribution < 1.29 is 4.79 Å². The van der Waals surface area contributed by atoms with Gasteiger partial charge in [0.15, 0.2) is 0 Å². The van der Waals surface area contributed by atoms with Gasteiger partial charge < -0.3 is 5.32 Å². The molecule has 1 aromatic heterocycles. The van der Waals surface area contributed by atoms with Gasteiger partial charge in [-0.1, -0.05) is 23.2 Å². The molecule has 0 radical (unpaired) electrons. The van der Waals surface area contributed by atoms with Crippen LogP contribution in [0.15, 0.2) is 41.0 Å². The van der Waals surface area contributed by atoms with Crippen molar-refractivity contribution in [2.45, 2.75) is 0 Å². The number of carbonyl (C=O) groups is 1. The molecule has 0 spiro atoms. The van der Waals surface area contributed by atoms with Crippen molar-refractivity contribution in [2.75, 3.05) is 5.32 Å². The van der Waals surface area contributed by atoms with Crippen LogP contribution in [0.25, 0.3) is 0 Å². The van der Waals surface area contributed by atoms with Crippen LogP contribution in [0.4, 0.5) is 5.82 Å². The molecule has 6 heteroatoms. The lowest BCUT2D eigenvalue weighted by Crippen LogP contribution is -2.13. The third-order valence-electron chi connectivity index (χ3n) is 2.14. The number of nitrogens with one attached hydrogen (secondary N) is 1. The number of nitrogens with zero attached hydrogens (tertiary/aromatic N) is 1. The quantitative estimate of drug-likeness (QED) is 0.876. The second-order valence-electron chi connectivity index (χ2n) is 3.44. The number of hydrogen-bond donors (Lipinski definition) is 1. The van der Waals surface area contributed by atoms with Crippen molar-refractivity contribution in [3.8, 4) is 0 Å². The first kappa shape index (κ1) is 13.3. The number of halogens is 3. The largest absolute Gasteiger partial charge is 0.307 e. The van der Waals surface area contributed by atoms with Gasteiger partial charge in [0.05, 0.1) is 10.6 Å². The molecule has 18 heavy (non-hydrogen) atoms. The highest BCUT2D eigenvalue weighted by atomic mass is 79.9. The van der Waals surface area contributed by atoms with E-state index in [4.69, 9.17) is 23.2 Å². The van der Waals surface area contributed by atoms with E-state index in [1.807, 2.05) is 0 Å². The van der Waals surface area contributed by atoms with Crippen LogP contribution in [0.1, 0.15) is 10.4 Å². The van der Waals surface area contributed by atoms with Crippen LogP contribution in [0.2, 0.25) is 10.0 Å². The highest BCUT2D eigenvalue weighted by molar-refractivity contribution is 9.10. The second-order valence-corrected chi connectivity index (χ2v) is 5.20. The third kappa shape index (κ3) is 3.22. The van der Waals surface area contributed by atoms with Crippen LogP contribution in [0, 0.1) is 0 Å². The smallest absolute Gasteiger partial charge is 0.258 e. The maximum absolute atomic E-state index is 11.9. The van der Waals surface area contributed by atoms with Crippen LogP contribution in [0.3, 0.4) is 0 Å². The van der Waals surface area contributed by atoms with Crippen molar-refractivity contribution in [3.63, 3.8) is 0 Å². The molecule has 2 rings (SSSR count). The Hall–Kier alpha value is -1.10. The van der Waals surface area contributed by atoms with E-state index in [1.165, 1.54) is 6.07 Å². The number of hydrogen-bond acceptors (Lipinski definition) is 2. The topological polar surface area (TPSA) is 42.0 Å². The maximum Gasteiger partial charge on any atom is 0.258 e. The minimum atomic E-state index is -0.327. The van der Waals surface area contributed by atoms with Gasteiger partial charge in [-0.05, 0) is 46.3 Å². The zero-order valence-electron chi connectivity index (χ0n) is 8.95. The molecule has 0 aliphatic carbocycles. The van der Waals surface area contributed by atoms with Gasteiger partial charge >= 0.3 is 0 Å². The molecule has 0 saturated heterocycles. The van der Waals surface area contributed by atoms with Gasteiger partial charge in [0.1, 0.15) is 5.82 Å². The van der Waals surface area contributed by atoms with Crippen LogP contribution >= 0.6 is 39.1 Å². The Morgan fingerprint density at radius 2 is 2.00 bits per heavy atom. The molecule has 1 N–H and O–H groups in total. The lowest BCUT2D eigenvalue weighted by molar-refractivity contribution is 0.102. The molecule has 0 atom stereocenters. The lowest BCUT2D eigenvalue weighted by atomic mass is 10.2. The van der Waals surface area contributed by atoms with E-state index in [9.17, 15) is 4.79 Å². The zero-order valence-corrected chi connectivity index (χ0v) is 12.1. The third-order valence-corrected chi connectivity index (χ3v) is 3.16. The number of amides is 1. The van der Waals surface area contributed by atoms with Gasteiger partial charge in [-0.15, -0.1) is 0 Å². The Morgan fingerprint density at radius 3 is 2.61 bits per heavy atom. The minimum absolute atomic E-state index is 0.303. The fourth-order valence-electron chi connectivity index (χ4n) is 1.31. The van der Waals surface area contributed by atoms with E-state index in [-0.39, 0.29) is 5.91 Å². The van der Waals surface area contributed by atoms with Crippen molar-refractivity contribution >= 4 is 50.9 Å². The molecular weight excluding hydrogens is 339 g/mol. The average molecular weight is 346 g/mol. The summed E-state index contributed by atoms with van der Waals surface area (Å²) in [4.78, 5) is 16.0. The van der Waals surface area contributed by atoms with E-state index in [0.29, 0.717) is 21.4 Å². The van der Waals surface area contributed by atoms with Crippen LogP contribution in [-0.2, 0) is 0 Å². The molecule has 0 aliphatic heterocycles. The van der Waals surface area contributed by atoms with Crippen LogP contribution in [0.5, 0.6) is 0 Å². The molecule has 92 valence electrons. The van der Waals surface area contributed by atoms with Gasteiger partial charge in [-0.25, -0.2) is 4.98 Å². The molecule has 0 bridgehead atoms. The molecule has 1 amide bonds. The summed E-state index contributed by atoms with van der Waals surface area (Å²) in [6.07, 6.45) is 1.60. The highest BCUT2D eigenvalue weighted by Crippen LogP contribution is 2.22. The predicted molar refractivity (Wildman–Crippen MR) is 76.4 cm³/mol. The van der Waals surface area contributed by atoms with Gasteiger partial charge in [0.25, 0.3) is 5.91 Å². The summed E-state index contributed by atoms with van der Waals surface area (Å²) < 4.78 is 0.838. The lowest BCUT2D eigenvalue weighted by Gasteiger charge is -2.06. The summed E-state index contributed by atoms with van der Waals surface area (Å²) in [7, 11) is 0. The molecule has 0 unspecified atom stereocenters. The molecular formula is C12H7BrCl2N2O. The maximum atomic E-state index is 11.9. The Balaban J connectivity index is 2.19. The van der Waals surface area contributed by atoms with E-state index >= 15 is 0 Å². The Kier molecular flexibility index (Phi) is 4.22. The molecule has 3 nitrogen and oxygen atoms in total. The van der Waals surface area contributed by atoms with Gasteiger partial charge in [-0.3, -0.25) is 4.79 Å². The standard InChI is InChI=1S/C12H7BrCl2N2O/c13-7-1-4-11(16-6-7)17-12(18)9-3-2-8(14)5-10(9)15/h1-6H,(H,16,17,18). The van der Waals surface area contributed by atoms with Gasteiger partial charge in [0, 0.05) is 15.7 Å². The number of carbonyl (C=O) groups excluding carboxylic acids is 1. The molecule has 2 aromatic rings. The number of pyridine rings is 1. The molecule has 0 saturated carbocycles. The fraction of sp³-hybridized carbons (Fsp3) is 0. The van der Waals surface area contributed by atoms with Crippen LogP contribution < -0.4 is 5.32 Å². The summed E-state index contributed by atoms with van der Waals surface area (Å²) in [6, 6.07) is 8.17. The zero-order chi connectivity index (χ0) is 13.1. The number of anilines is 1. The van der Waals surface area contributed by atoms with E-state index < -0.39 is 0 Å². The summed E-state index contributed by atoms with van der Waals surface area (Å²) in [6.45, 7) is 0. The number of rotatable bonds is 2. The predicted octanol–water partition coefficient (Wildman–Crippen LogP) is 4.40. The minimum Gasteiger partial charge on any atom is -0.307 e. The van der Waals surface area contributed by atoms with Gasteiger partial charge in [0.2, 0.25) is 0 Å². The highest BCUT2D eigenvalue weighted by Gasteiger charge is 2.11. The van der Waals surface area contributed by atoms with E-state index in [0.717, 1.165) is 4.47 Å². The van der Waals surface area contributed by atoms with Crippen molar-refractivity contribution in [1.82, 2.24) is 4.98 Å². The average Bonchev–Trinajstić information content (AvgIpc) is 2.32. The molecule has 1 heterocycles. The Morgan fingerprint density at radius 1 is 1.22 bits per heavy atom. The van der Waals surface area contributed by atoms with E-state index in [2.05, 4.69) is 26.2 Å². The first-order valence-electron chi connectivity index (χ1n) is 4.94. The fourth-order valence-corrected chi connectivity index (χ4v) is 2.04. The Bertz CT molecular complexity index is 587. The number of aromatic nitrogens is 1. The number of benzene rings is 1. The first-order chi connectivity index (χ1) is 8.56. The van der Waals surface area contributed by atoms with Crippen molar-refractivity contribution in [1.29, 1.82) is 0 Å². The Labute approximate surface area is 122 Å². The van der Waals surface area contributed by atoms with Crippen molar-refractivity contribution in [2.24, 2.45) is 0 Å². The van der Waals surface area contributed by atoms with E-state index in [1.54, 1.807) is 30.5 Å². The normalized spacial score (nSPS) is 10.2. The summed E-state index contributed by atoms with van der Waals surface area (Å²) in [5.41, 5.74) is 0.353.